The van der Waals surface area contributed by atoms with Crippen molar-refractivity contribution in [1.29, 1.82) is 0 Å². The van der Waals surface area contributed by atoms with E-state index in [4.69, 9.17) is 4.74 Å². The molecule has 1 aliphatic rings. The van der Waals surface area contributed by atoms with Gasteiger partial charge in [-0.1, -0.05) is 6.92 Å². The Morgan fingerprint density at radius 1 is 1.40 bits per heavy atom. The molecule has 0 radical (unpaired) electrons. The summed E-state index contributed by atoms with van der Waals surface area (Å²) in [5.74, 6) is 1.08. The Hall–Kier alpha value is -1.78. The normalized spacial score (nSPS) is 22.0. The van der Waals surface area contributed by atoms with Gasteiger partial charge in [-0.3, -0.25) is 10.1 Å². The summed E-state index contributed by atoms with van der Waals surface area (Å²) in [6.45, 7) is 5.98. The van der Waals surface area contributed by atoms with Crippen molar-refractivity contribution in [3.8, 4) is 5.75 Å². The van der Waals surface area contributed by atoms with E-state index in [2.05, 4.69) is 12.2 Å². The van der Waals surface area contributed by atoms with E-state index in [-0.39, 0.29) is 11.8 Å². The van der Waals surface area contributed by atoms with E-state index < -0.39 is 4.92 Å². The van der Waals surface area contributed by atoms with Crippen LogP contribution in [0.15, 0.2) is 18.2 Å². The molecule has 0 bridgehead atoms. The van der Waals surface area contributed by atoms with Gasteiger partial charge in [-0.15, -0.1) is 0 Å². The van der Waals surface area contributed by atoms with Crippen LogP contribution >= 0.6 is 0 Å². The number of hydrogen-bond acceptors (Lipinski definition) is 4. The summed E-state index contributed by atoms with van der Waals surface area (Å²) in [5, 5.41) is 14.5. The fourth-order valence-electron chi connectivity index (χ4n) is 2.68. The molecule has 1 N–H and O–H groups in total. The Balaban J connectivity index is 2.16. The van der Waals surface area contributed by atoms with Gasteiger partial charge in [0, 0.05) is 23.9 Å². The van der Waals surface area contributed by atoms with Crippen LogP contribution in [0.5, 0.6) is 5.75 Å². The van der Waals surface area contributed by atoms with Gasteiger partial charge in [-0.25, -0.2) is 0 Å². The summed E-state index contributed by atoms with van der Waals surface area (Å²) in [5.41, 5.74) is 0.911. The second-order valence-electron chi connectivity index (χ2n) is 5.87. The molecule has 110 valence electrons. The Kier molecular flexibility index (Phi) is 4.47. The van der Waals surface area contributed by atoms with Crippen molar-refractivity contribution in [3.05, 3.63) is 28.3 Å². The summed E-state index contributed by atoms with van der Waals surface area (Å²) >= 11 is 0. The highest BCUT2D eigenvalue weighted by molar-refractivity contribution is 5.58. The van der Waals surface area contributed by atoms with Gasteiger partial charge in [-0.05, 0) is 45.1 Å². The van der Waals surface area contributed by atoms with E-state index in [0.29, 0.717) is 11.8 Å². The summed E-state index contributed by atoms with van der Waals surface area (Å²) in [6, 6.07) is 5.46. The van der Waals surface area contributed by atoms with Gasteiger partial charge in [0.15, 0.2) is 5.75 Å². The molecule has 20 heavy (non-hydrogen) atoms. The maximum atomic E-state index is 11.0. The third-order valence-electron chi connectivity index (χ3n) is 3.58. The Morgan fingerprint density at radius 2 is 2.15 bits per heavy atom. The zero-order valence-electron chi connectivity index (χ0n) is 12.3. The van der Waals surface area contributed by atoms with Gasteiger partial charge in [0.2, 0.25) is 0 Å². The molecule has 5 nitrogen and oxygen atoms in total. The Morgan fingerprint density at radius 3 is 2.70 bits per heavy atom. The molecule has 1 aliphatic carbocycles. The molecule has 0 aliphatic heterocycles. The predicted molar refractivity (Wildman–Crippen MR) is 79.3 cm³/mol. The number of nitro benzene ring substituents is 1. The maximum absolute atomic E-state index is 11.0. The summed E-state index contributed by atoms with van der Waals surface area (Å²) in [7, 11) is 0. The molecule has 0 aromatic heterocycles. The SMILES string of the molecule is CC1CCC(Nc2ccc([N+](=O)[O-])c(OC(C)C)c2)C1. The number of nitrogens with one attached hydrogen (secondary N) is 1. The highest BCUT2D eigenvalue weighted by Gasteiger charge is 2.22. The summed E-state index contributed by atoms with van der Waals surface area (Å²) in [4.78, 5) is 10.6. The lowest BCUT2D eigenvalue weighted by atomic mass is 10.1. The number of rotatable bonds is 5. The Bertz CT molecular complexity index is 488. The number of benzene rings is 1. The number of hydrogen-bond donors (Lipinski definition) is 1. The third-order valence-corrected chi connectivity index (χ3v) is 3.58. The van der Waals surface area contributed by atoms with Gasteiger partial charge in [-0.2, -0.15) is 0 Å². The van der Waals surface area contributed by atoms with E-state index in [1.54, 1.807) is 12.1 Å². The lowest BCUT2D eigenvalue weighted by Crippen LogP contribution is -2.15. The first-order chi connectivity index (χ1) is 9.45. The first-order valence-electron chi connectivity index (χ1n) is 7.17. The van der Waals surface area contributed by atoms with Gasteiger partial charge < -0.3 is 10.1 Å². The van der Waals surface area contributed by atoms with E-state index in [1.165, 1.54) is 12.5 Å². The molecule has 1 saturated carbocycles. The summed E-state index contributed by atoms with van der Waals surface area (Å²) in [6.07, 6.45) is 3.45. The van der Waals surface area contributed by atoms with Crippen LogP contribution in [0, 0.1) is 16.0 Å². The van der Waals surface area contributed by atoms with Crippen molar-refractivity contribution in [1.82, 2.24) is 0 Å². The highest BCUT2D eigenvalue weighted by atomic mass is 16.6. The summed E-state index contributed by atoms with van der Waals surface area (Å²) < 4.78 is 5.55. The van der Waals surface area contributed by atoms with Crippen LogP contribution in [0.3, 0.4) is 0 Å². The smallest absolute Gasteiger partial charge is 0.311 e. The van der Waals surface area contributed by atoms with Crippen LogP contribution in [0.25, 0.3) is 0 Å². The van der Waals surface area contributed by atoms with Crippen LogP contribution in [-0.4, -0.2) is 17.1 Å². The molecule has 1 aromatic carbocycles. The molecule has 0 heterocycles. The van der Waals surface area contributed by atoms with E-state index >= 15 is 0 Å². The quantitative estimate of drug-likeness (QED) is 0.653. The molecule has 0 saturated heterocycles. The number of nitrogens with zero attached hydrogens (tertiary/aromatic N) is 1. The van der Waals surface area contributed by atoms with E-state index in [1.807, 2.05) is 13.8 Å². The Labute approximate surface area is 119 Å². The minimum atomic E-state index is -0.404. The molecule has 1 aromatic rings. The largest absolute Gasteiger partial charge is 0.484 e. The molecular weight excluding hydrogens is 256 g/mol. The average molecular weight is 278 g/mol. The first-order valence-corrected chi connectivity index (χ1v) is 7.17. The van der Waals surface area contributed by atoms with Crippen molar-refractivity contribution < 1.29 is 9.66 Å². The zero-order chi connectivity index (χ0) is 14.7. The van der Waals surface area contributed by atoms with Crippen molar-refractivity contribution in [2.45, 2.75) is 52.2 Å². The van der Waals surface area contributed by atoms with Crippen molar-refractivity contribution in [2.24, 2.45) is 5.92 Å². The average Bonchev–Trinajstić information content (AvgIpc) is 2.73. The van der Waals surface area contributed by atoms with Crippen molar-refractivity contribution >= 4 is 11.4 Å². The molecule has 5 heteroatoms. The third kappa shape index (κ3) is 3.62. The second-order valence-corrected chi connectivity index (χ2v) is 5.87. The predicted octanol–water partition coefficient (Wildman–Crippen LogP) is 3.98. The second kappa shape index (κ2) is 6.11. The van der Waals surface area contributed by atoms with Gasteiger partial charge in [0.1, 0.15) is 0 Å². The van der Waals surface area contributed by atoms with Gasteiger partial charge >= 0.3 is 5.69 Å². The van der Waals surface area contributed by atoms with Crippen LogP contribution in [0.1, 0.15) is 40.0 Å². The van der Waals surface area contributed by atoms with Crippen LogP contribution in [-0.2, 0) is 0 Å². The topological polar surface area (TPSA) is 64.4 Å². The van der Waals surface area contributed by atoms with E-state index in [9.17, 15) is 10.1 Å². The van der Waals surface area contributed by atoms with Crippen LogP contribution in [0.4, 0.5) is 11.4 Å². The number of nitro groups is 1. The van der Waals surface area contributed by atoms with Gasteiger partial charge in [0.05, 0.1) is 11.0 Å². The van der Waals surface area contributed by atoms with Crippen LogP contribution < -0.4 is 10.1 Å². The zero-order valence-corrected chi connectivity index (χ0v) is 12.3. The lowest BCUT2D eigenvalue weighted by Gasteiger charge is -2.16. The molecular formula is C15H22N2O3. The number of ether oxygens (including phenoxy) is 1. The number of anilines is 1. The van der Waals surface area contributed by atoms with Crippen molar-refractivity contribution in [3.63, 3.8) is 0 Å². The molecule has 0 amide bonds. The molecule has 2 atom stereocenters. The standard InChI is InChI=1S/C15H22N2O3/c1-10(2)20-15-9-13(6-7-14(15)17(18)19)16-12-5-4-11(3)8-12/h6-7,9-12,16H,4-5,8H2,1-3H3. The van der Waals surface area contributed by atoms with Crippen molar-refractivity contribution in [2.75, 3.05) is 5.32 Å². The molecule has 2 unspecified atom stereocenters. The van der Waals surface area contributed by atoms with Gasteiger partial charge in [0.25, 0.3) is 0 Å². The van der Waals surface area contributed by atoms with Crippen LogP contribution in [0.2, 0.25) is 0 Å². The fourth-order valence-corrected chi connectivity index (χ4v) is 2.68. The highest BCUT2D eigenvalue weighted by Crippen LogP contribution is 2.33. The fraction of sp³-hybridized carbons (Fsp3) is 0.600. The minimum absolute atomic E-state index is 0.0176. The molecule has 0 spiro atoms. The lowest BCUT2D eigenvalue weighted by molar-refractivity contribution is -0.386. The van der Waals surface area contributed by atoms with E-state index in [0.717, 1.165) is 24.4 Å². The molecule has 2 rings (SSSR count). The monoisotopic (exact) mass is 278 g/mol. The molecule has 1 fully saturated rings. The minimum Gasteiger partial charge on any atom is -0.484 e. The first kappa shape index (κ1) is 14.6. The maximum Gasteiger partial charge on any atom is 0.311 e.